The standard InChI is InChI=1S/C24H21N3O8S/c1-24(2)22(23(28)35-21(16-9-5-3-6-10-16)17-11-7-4-8-12-17)25(24)36(33,34)20-14-13-18(26(29)30)15-19(20)27(31)32/h3-15,21-22H,1-2H3/t22-,25?/m1/s1. The fraction of sp³-hybridized carbons (Fsp3) is 0.208. The lowest BCUT2D eigenvalue weighted by Gasteiger charge is -2.19. The van der Waals surface area contributed by atoms with Crippen LogP contribution in [0.2, 0.25) is 0 Å². The third-order valence-electron chi connectivity index (χ3n) is 5.95. The van der Waals surface area contributed by atoms with E-state index in [0.717, 1.165) is 16.4 Å². The molecule has 11 nitrogen and oxygen atoms in total. The van der Waals surface area contributed by atoms with E-state index in [4.69, 9.17) is 4.74 Å². The van der Waals surface area contributed by atoms with Crippen LogP contribution in [-0.2, 0) is 19.6 Å². The number of benzene rings is 3. The van der Waals surface area contributed by atoms with Crippen molar-refractivity contribution in [2.24, 2.45) is 0 Å². The fourth-order valence-corrected chi connectivity index (χ4v) is 6.28. The summed E-state index contributed by atoms with van der Waals surface area (Å²) in [7, 11) is -4.58. The van der Waals surface area contributed by atoms with E-state index in [1.165, 1.54) is 13.8 Å². The molecule has 1 fully saturated rings. The Morgan fingerprint density at radius 2 is 1.44 bits per heavy atom. The highest BCUT2D eigenvalue weighted by Crippen LogP contribution is 2.48. The van der Waals surface area contributed by atoms with Gasteiger partial charge in [0.05, 0.1) is 21.5 Å². The minimum absolute atomic E-state index is 0.581. The van der Waals surface area contributed by atoms with Crippen molar-refractivity contribution in [1.82, 2.24) is 4.31 Å². The summed E-state index contributed by atoms with van der Waals surface area (Å²) in [4.78, 5) is 33.2. The summed E-state index contributed by atoms with van der Waals surface area (Å²) in [5.74, 6) is -0.828. The number of nitro groups is 2. The lowest BCUT2D eigenvalue weighted by Crippen LogP contribution is -2.23. The van der Waals surface area contributed by atoms with Crippen molar-refractivity contribution in [2.45, 2.75) is 36.4 Å². The minimum Gasteiger partial charge on any atom is -0.451 e. The molecule has 12 heteroatoms. The summed E-state index contributed by atoms with van der Waals surface area (Å²) in [5, 5.41) is 22.6. The third kappa shape index (κ3) is 4.43. The van der Waals surface area contributed by atoms with Gasteiger partial charge < -0.3 is 4.74 Å². The van der Waals surface area contributed by atoms with Gasteiger partial charge in [-0.05, 0) is 31.0 Å². The molecule has 1 unspecified atom stereocenters. The highest BCUT2D eigenvalue weighted by Gasteiger charge is 2.68. The zero-order valence-electron chi connectivity index (χ0n) is 19.2. The van der Waals surface area contributed by atoms with Gasteiger partial charge in [-0.2, -0.15) is 4.31 Å². The van der Waals surface area contributed by atoms with Crippen LogP contribution in [0, 0.1) is 20.2 Å². The second-order valence-corrected chi connectivity index (χ2v) is 10.4. The number of non-ortho nitro benzene ring substituents is 1. The van der Waals surface area contributed by atoms with E-state index < -0.39 is 59.8 Å². The van der Waals surface area contributed by atoms with E-state index in [9.17, 15) is 33.4 Å². The number of carbonyl (C=O) groups excluding carboxylic acids is 1. The molecule has 0 aliphatic carbocycles. The topological polar surface area (TPSA) is 150 Å². The van der Waals surface area contributed by atoms with E-state index in [2.05, 4.69) is 0 Å². The molecule has 1 heterocycles. The van der Waals surface area contributed by atoms with Crippen LogP contribution in [0.5, 0.6) is 0 Å². The normalized spacial score (nSPS) is 18.4. The Morgan fingerprint density at radius 1 is 0.917 bits per heavy atom. The first-order chi connectivity index (χ1) is 17.0. The van der Waals surface area contributed by atoms with E-state index in [0.29, 0.717) is 17.2 Å². The Labute approximate surface area is 206 Å². The van der Waals surface area contributed by atoms with Gasteiger partial charge in [0.25, 0.3) is 21.4 Å². The first-order valence-corrected chi connectivity index (χ1v) is 12.2. The maximum absolute atomic E-state index is 13.4. The monoisotopic (exact) mass is 511 g/mol. The molecule has 1 aliphatic rings. The van der Waals surface area contributed by atoms with E-state index >= 15 is 0 Å². The summed E-state index contributed by atoms with van der Waals surface area (Å²) in [5.41, 5.74) is -1.48. The van der Waals surface area contributed by atoms with Gasteiger partial charge in [0.1, 0.15) is 6.04 Å². The molecule has 1 saturated heterocycles. The van der Waals surface area contributed by atoms with Crippen LogP contribution in [0.3, 0.4) is 0 Å². The molecule has 0 bridgehead atoms. The lowest BCUT2D eigenvalue weighted by atomic mass is 10.0. The number of ether oxygens (including phenoxy) is 1. The van der Waals surface area contributed by atoms with Crippen molar-refractivity contribution in [3.8, 4) is 0 Å². The molecule has 3 aromatic carbocycles. The number of nitrogens with zero attached hydrogens (tertiary/aromatic N) is 3. The molecule has 3 aromatic rings. The van der Waals surface area contributed by atoms with E-state index in [-0.39, 0.29) is 0 Å². The maximum atomic E-state index is 13.4. The predicted octanol–water partition coefficient (Wildman–Crippen LogP) is 3.99. The first kappa shape index (κ1) is 24.9. The molecule has 4 rings (SSSR count). The predicted molar refractivity (Wildman–Crippen MR) is 127 cm³/mol. The second-order valence-electron chi connectivity index (χ2n) is 8.66. The summed E-state index contributed by atoms with van der Waals surface area (Å²) in [6, 6.07) is 18.8. The summed E-state index contributed by atoms with van der Waals surface area (Å²) in [6.07, 6.45) is -0.811. The first-order valence-electron chi connectivity index (χ1n) is 10.7. The van der Waals surface area contributed by atoms with Crippen LogP contribution in [0.1, 0.15) is 31.1 Å². The van der Waals surface area contributed by atoms with Gasteiger partial charge in [-0.1, -0.05) is 60.7 Å². The third-order valence-corrected chi connectivity index (χ3v) is 8.05. The SMILES string of the molecule is CC1(C)[C@@H](C(=O)OC(c2ccccc2)c2ccccc2)N1S(=O)(=O)c1ccc([N+](=O)[O-])cc1[N+](=O)[O-]. The van der Waals surface area contributed by atoms with Crippen molar-refractivity contribution < 1.29 is 27.8 Å². The maximum Gasteiger partial charge on any atom is 0.327 e. The van der Waals surface area contributed by atoms with Gasteiger partial charge >= 0.3 is 5.97 Å². The molecule has 36 heavy (non-hydrogen) atoms. The zero-order valence-corrected chi connectivity index (χ0v) is 20.0. The molecule has 0 saturated carbocycles. The number of hydrogen-bond acceptors (Lipinski definition) is 8. The van der Waals surface area contributed by atoms with Crippen LogP contribution in [0.25, 0.3) is 0 Å². The van der Waals surface area contributed by atoms with E-state index in [1.54, 1.807) is 48.5 Å². The molecular weight excluding hydrogens is 490 g/mol. The van der Waals surface area contributed by atoms with Crippen molar-refractivity contribution in [3.05, 3.63) is 110 Å². The number of nitro benzene ring substituents is 2. The number of carbonyl (C=O) groups is 1. The van der Waals surface area contributed by atoms with Crippen molar-refractivity contribution in [1.29, 1.82) is 0 Å². The number of esters is 1. The molecule has 2 atom stereocenters. The molecule has 0 amide bonds. The van der Waals surface area contributed by atoms with Gasteiger partial charge in [-0.15, -0.1) is 0 Å². The Kier molecular flexibility index (Phi) is 6.33. The smallest absolute Gasteiger partial charge is 0.327 e. The fourth-order valence-electron chi connectivity index (χ4n) is 4.13. The molecular formula is C24H21N3O8S. The quantitative estimate of drug-likeness (QED) is 0.191. The van der Waals surface area contributed by atoms with Gasteiger partial charge in [0.2, 0.25) is 0 Å². The summed E-state index contributed by atoms with van der Waals surface area (Å²) in [6.45, 7) is 2.99. The Morgan fingerprint density at radius 3 is 1.92 bits per heavy atom. The van der Waals surface area contributed by atoms with Crippen LogP contribution in [0.15, 0.2) is 83.8 Å². The minimum atomic E-state index is -4.58. The van der Waals surface area contributed by atoms with Gasteiger partial charge in [0.15, 0.2) is 11.0 Å². The zero-order chi connectivity index (χ0) is 26.3. The van der Waals surface area contributed by atoms with Gasteiger partial charge in [-0.25, -0.2) is 8.42 Å². The molecule has 1 aliphatic heterocycles. The molecule has 186 valence electrons. The Bertz CT molecular complexity index is 1400. The molecule has 0 aromatic heterocycles. The Hall–Kier alpha value is -4.16. The second kappa shape index (κ2) is 9.13. The average molecular weight is 512 g/mol. The molecule has 0 radical (unpaired) electrons. The van der Waals surface area contributed by atoms with Gasteiger partial charge in [0, 0.05) is 6.07 Å². The highest BCUT2D eigenvalue weighted by atomic mass is 32.2. The molecule has 0 spiro atoms. The van der Waals surface area contributed by atoms with Crippen LogP contribution in [0.4, 0.5) is 11.4 Å². The Balaban J connectivity index is 1.67. The summed E-state index contributed by atoms with van der Waals surface area (Å²) >= 11 is 0. The van der Waals surface area contributed by atoms with Crippen LogP contribution < -0.4 is 0 Å². The van der Waals surface area contributed by atoms with E-state index in [1.807, 2.05) is 12.1 Å². The number of hydrogen-bond donors (Lipinski definition) is 0. The van der Waals surface area contributed by atoms with Crippen LogP contribution >= 0.6 is 0 Å². The number of rotatable bonds is 8. The van der Waals surface area contributed by atoms with Crippen LogP contribution in [-0.4, -0.2) is 40.1 Å². The van der Waals surface area contributed by atoms with Crippen molar-refractivity contribution in [2.75, 3.05) is 0 Å². The lowest BCUT2D eigenvalue weighted by molar-refractivity contribution is -0.396. The highest BCUT2D eigenvalue weighted by molar-refractivity contribution is 7.89. The summed E-state index contributed by atoms with van der Waals surface area (Å²) < 4.78 is 33.4. The van der Waals surface area contributed by atoms with Crippen molar-refractivity contribution in [3.63, 3.8) is 0 Å². The number of sulfonamides is 1. The largest absolute Gasteiger partial charge is 0.451 e. The van der Waals surface area contributed by atoms with Crippen molar-refractivity contribution >= 4 is 27.4 Å². The molecule has 0 N–H and O–H groups in total. The van der Waals surface area contributed by atoms with Gasteiger partial charge in [-0.3, -0.25) is 25.0 Å². The average Bonchev–Trinajstić information content (AvgIpc) is 3.46.